The summed E-state index contributed by atoms with van der Waals surface area (Å²) in [6.07, 6.45) is 3.58. The molecule has 0 aliphatic carbocycles. The third-order valence-electron chi connectivity index (χ3n) is 3.52. The summed E-state index contributed by atoms with van der Waals surface area (Å²) in [5.41, 5.74) is 0.911. The summed E-state index contributed by atoms with van der Waals surface area (Å²) in [5.74, 6) is -0.783. The SMILES string of the molecule is O=C(O)CC(c1ccc(Br)cc1Cl)N1CCCCC1. The lowest BCUT2D eigenvalue weighted by atomic mass is 9.99. The lowest BCUT2D eigenvalue weighted by molar-refractivity contribution is -0.138. The Balaban J connectivity index is 2.27. The van der Waals surface area contributed by atoms with Crippen molar-refractivity contribution in [3.05, 3.63) is 33.3 Å². The minimum atomic E-state index is -0.783. The molecule has 3 nitrogen and oxygen atoms in total. The second-order valence-corrected chi connectivity index (χ2v) is 6.20. The fourth-order valence-electron chi connectivity index (χ4n) is 2.60. The fraction of sp³-hybridized carbons (Fsp3) is 0.500. The number of carboxylic acids is 1. The van der Waals surface area contributed by atoms with Crippen molar-refractivity contribution in [2.24, 2.45) is 0 Å². The highest BCUT2D eigenvalue weighted by Gasteiger charge is 2.26. The first-order valence-electron chi connectivity index (χ1n) is 6.48. The van der Waals surface area contributed by atoms with Crippen LogP contribution in [0.3, 0.4) is 0 Å². The number of likely N-dealkylation sites (tertiary alicyclic amines) is 1. The van der Waals surface area contributed by atoms with Gasteiger partial charge in [-0.25, -0.2) is 0 Å². The topological polar surface area (TPSA) is 40.5 Å². The van der Waals surface area contributed by atoms with Crippen molar-refractivity contribution in [2.45, 2.75) is 31.7 Å². The molecule has 104 valence electrons. The van der Waals surface area contributed by atoms with E-state index in [1.165, 1.54) is 6.42 Å². The summed E-state index contributed by atoms with van der Waals surface area (Å²) in [4.78, 5) is 13.4. The van der Waals surface area contributed by atoms with Crippen LogP contribution >= 0.6 is 27.5 Å². The van der Waals surface area contributed by atoms with E-state index in [1.54, 1.807) is 0 Å². The van der Waals surface area contributed by atoms with Gasteiger partial charge in [0, 0.05) is 15.5 Å². The van der Waals surface area contributed by atoms with Crippen molar-refractivity contribution in [2.75, 3.05) is 13.1 Å². The van der Waals surface area contributed by atoms with Gasteiger partial charge in [0.1, 0.15) is 0 Å². The normalized spacial score (nSPS) is 18.2. The van der Waals surface area contributed by atoms with Crippen molar-refractivity contribution in [3.8, 4) is 0 Å². The van der Waals surface area contributed by atoms with Gasteiger partial charge in [-0.05, 0) is 43.6 Å². The molecule has 5 heteroatoms. The van der Waals surface area contributed by atoms with E-state index in [9.17, 15) is 4.79 Å². The van der Waals surface area contributed by atoms with Crippen LogP contribution in [0.5, 0.6) is 0 Å². The van der Waals surface area contributed by atoms with Crippen molar-refractivity contribution in [3.63, 3.8) is 0 Å². The summed E-state index contributed by atoms with van der Waals surface area (Å²) < 4.78 is 0.911. The summed E-state index contributed by atoms with van der Waals surface area (Å²) in [5, 5.41) is 9.77. The Hall–Kier alpha value is -0.580. The van der Waals surface area contributed by atoms with Gasteiger partial charge >= 0.3 is 5.97 Å². The molecule has 2 rings (SSSR count). The van der Waals surface area contributed by atoms with Crippen molar-refractivity contribution < 1.29 is 9.90 Å². The molecule has 1 atom stereocenters. The van der Waals surface area contributed by atoms with E-state index >= 15 is 0 Å². The van der Waals surface area contributed by atoms with Gasteiger partial charge in [0.25, 0.3) is 0 Å². The molecule has 1 unspecified atom stereocenters. The highest BCUT2D eigenvalue weighted by atomic mass is 79.9. The van der Waals surface area contributed by atoms with Gasteiger partial charge in [-0.2, -0.15) is 0 Å². The Morgan fingerprint density at radius 3 is 2.63 bits per heavy atom. The molecule has 1 aliphatic rings. The van der Waals surface area contributed by atoms with Gasteiger partial charge in [0.2, 0.25) is 0 Å². The van der Waals surface area contributed by atoms with Crippen LogP contribution in [0.25, 0.3) is 0 Å². The Kier molecular flexibility index (Phi) is 5.25. The Morgan fingerprint density at radius 1 is 1.37 bits per heavy atom. The largest absolute Gasteiger partial charge is 0.481 e. The number of piperidine rings is 1. The molecule has 0 amide bonds. The first-order chi connectivity index (χ1) is 9.08. The molecule has 0 saturated carbocycles. The molecule has 1 aromatic carbocycles. The quantitative estimate of drug-likeness (QED) is 0.892. The summed E-state index contributed by atoms with van der Waals surface area (Å²) >= 11 is 9.66. The van der Waals surface area contributed by atoms with Crippen LogP contribution in [0.2, 0.25) is 5.02 Å². The molecular formula is C14H17BrClNO2. The lowest BCUT2D eigenvalue weighted by Crippen LogP contribution is -2.35. The summed E-state index contributed by atoms with van der Waals surface area (Å²) in [7, 11) is 0. The van der Waals surface area contributed by atoms with Crippen LogP contribution in [-0.2, 0) is 4.79 Å². The first-order valence-corrected chi connectivity index (χ1v) is 7.66. The van der Waals surface area contributed by atoms with E-state index in [1.807, 2.05) is 18.2 Å². The second kappa shape index (κ2) is 6.73. The van der Waals surface area contributed by atoms with Crippen molar-refractivity contribution in [1.82, 2.24) is 4.90 Å². The third kappa shape index (κ3) is 3.94. The number of carboxylic acid groups (broad SMARTS) is 1. The zero-order valence-corrected chi connectivity index (χ0v) is 13.0. The van der Waals surface area contributed by atoms with Crippen molar-refractivity contribution in [1.29, 1.82) is 0 Å². The standard InChI is InChI=1S/C14H17BrClNO2/c15-10-4-5-11(12(16)8-10)13(9-14(18)19)17-6-2-1-3-7-17/h4-5,8,13H,1-3,6-7,9H2,(H,18,19). The predicted molar refractivity (Wildman–Crippen MR) is 79.6 cm³/mol. The minimum absolute atomic E-state index is 0.0986. The molecule has 1 heterocycles. The van der Waals surface area contributed by atoms with E-state index in [0.29, 0.717) is 5.02 Å². The number of halogens is 2. The van der Waals surface area contributed by atoms with E-state index in [2.05, 4.69) is 20.8 Å². The first kappa shape index (κ1) is 14.8. The number of carbonyl (C=O) groups is 1. The highest BCUT2D eigenvalue weighted by molar-refractivity contribution is 9.10. The summed E-state index contributed by atoms with van der Waals surface area (Å²) in [6, 6.07) is 5.54. The maximum absolute atomic E-state index is 11.1. The van der Waals surface area contributed by atoms with Gasteiger partial charge in [-0.1, -0.05) is 40.0 Å². The molecule has 1 aromatic rings. The van der Waals surface area contributed by atoms with Crippen LogP contribution in [0, 0.1) is 0 Å². The van der Waals surface area contributed by atoms with Crippen LogP contribution in [-0.4, -0.2) is 29.1 Å². The number of benzene rings is 1. The maximum atomic E-state index is 11.1. The van der Waals surface area contributed by atoms with Crippen LogP contribution in [0.4, 0.5) is 0 Å². The molecule has 0 aromatic heterocycles. The molecule has 1 fully saturated rings. The number of hydrogen-bond donors (Lipinski definition) is 1. The smallest absolute Gasteiger partial charge is 0.305 e. The predicted octanol–water partition coefficient (Wildman–Crippen LogP) is 4.10. The molecule has 0 radical (unpaired) electrons. The lowest BCUT2D eigenvalue weighted by Gasteiger charge is -2.34. The average molecular weight is 347 g/mol. The monoisotopic (exact) mass is 345 g/mol. The molecule has 0 spiro atoms. The zero-order chi connectivity index (χ0) is 13.8. The number of aliphatic carboxylic acids is 1. The van der Waals surface area contributed by atoms with E-state index in [4.69, 9.17) is 16.7 Å². The highest BCUT2D eigenvalue weighted by Crippen LogP contribution is 2.33. The number of rotatable bonds is 4. The number of nitrogens with zero attached hydrogens (tertiary/aromatic N) is 1. The molecular weight excluding hydrogens is 330 g/mol. The fourth-order valence-corrected chi connectivity index (χ4v) is 3.40. The zero-order valence-electron chi connectivity index (χ0n) is 10.6. The van der Waals surface area contributed by atoms with E-state index in [-0.39, 0.29) is 12.5 Å². The van der Waals surface area contributed by atoms with Crippen LogP contribution in [0.1, 0.15) is 37.3 Å². The Labute approximate surface area is 126 Å². The number of hydrogen-bond acceptors (Lipinski definition) is 2. The Morgan fingerprint density at radius 2 is 2.05 bits per heavy atom. The van der Waals surface area contributed by atoms with Gasteiger partial charge in [0.05, 0.1) is 6.42 Å². The molecule has 1 aliphatic heterocycles. The van der Waals surface area contributed by atoms with Crippen LogP contribution in [0.15, 0.2) is 22.7 Å². The summed E-state index contributed by atoms with van der Waals surface area (Å²) in [6.45, 7) is 1.90. The van der Waals surface area contributed by atoms with E-state index in [0.717, 1.165) is 36.0 Å². The van der Waals surface area contributed by atoms with Gasteiger partial charge < -0.3 is 5.11 Å². The van der Waals surface area contributed by atoms with Crippen molar-refractivity contribution >= 4 is 33.5 Å². The van der Waals surface area contributed by atoms with Gasteiger partial charge in [0.15, 0.2) is 0 Å². The van der Waals surface area contributed by atoms with Gasteiger partial charge in [-0.15, -0.1) is 0 Å². The van der Waals surface area contributed by atoms with Gasteiger partial charge in [-0.3, -0.25) is 9.69 Å². The molecule has 19 heavy (non-hydrogen) atoms. The average Bonchev–Trinajstić information content (AvgIpc) is 2.37. The second-order valence-electron chi connectivity index (χ2n) is 4.88. The maximum Gasteiger partial charge on any atom is 0.305 e. The molecule has 1 N–H and O–H groups in total. The van der Waals surface area contributed by atoms with Crippen LogP contribution < -0.4 is 0 Å². The molecule has 1 saturated heterocycles. The Bertz CT molecular complexity index is 461. The minimum Gasteiger partial charge on any atom is -0.481 e. The van der Waals surface area contributed by atoms with E-state index < -0.39 is 5.97 Å². The third-order valence-corrected chi connectivity index (χ3v) is 4.34. The molecule has 0 bridgehead atoms.